The Balaban J connectivity index is 1.99. The Hall–Kier alpha value is -0.730. The van der Waals surface area contributed by atoms with Crippen LogP contribution in [0, 0.1) is 0 Å². The van der Waals surface area contributed by atoms with Crippen LogP contribution in [-0.4, -0.2) is 18.7 Å². The summed E-state index contributed by atoms with van der Waals surface area (Å²) in [4.78, 5) is 0. The van der Waals surface area contributed by atoms with E-state index in [2.05, 4.69) is 11.4 Å². The zero-order valence-electron chi connectivity index (χ0n) is 11.2. The number of hydrogen-bond donors (Lipinski definition) is 1. The predicted octanol–water partition coefficient (Wildman–Crippen LogP) is 3.81. The molecular weight excluding hydrogens is 246 g/mol. The molecule has 2 rings (SSSR count). The summed E-state index contributed by atoms with van der Waals surface area (Å²) >= 11 is 6.25. The van der Waals surface area contributed by atoms with E-state index in [-0.39, 0.29) is 6.10 Å². The molecule has 1 fully saturated rings. The summed E-state index contributed by atoms with van der Waals surface area (Å²) in [7, 11) is 0. The van der Waals surface area contributed by atoms with Gasteiger partial charge in [0.1, 0.15) is 5.75 Å². The molecule has 18 heavy (non-hydrogen) atoms. The molecule has 1 aliphatic heterocycles. The van der Waals surface area contributed by atoms with Gasteiger partial charge in [0.2, 0.25) is 0 Å². The van der Waals surface area contributed by atoms with Crippen molar-refractivity contribution < 1.29 is 4.74 Å². The lowest BCUT2D eigenvalue weighted by Crippen LogP contribution is -2.35. The van der Waals surface area contributed by atoms with E-state index in [1.54, 1.807) is 0 Å². The van der Waals surface area contributed by atoms with Gasteiger partial charge < -0.3 is 10.1 Å². The van der Waals surface area contributed by atoms with Crippen LogP contribution in [0.2, 0.25) is 5.02 Å². The Morgan fingerprint density at radius 1 is 1.39 bits per heavy atom. The van der Waals surface area contributed by atoms with Crippen LogP contribution < -0.4 is 10.1 Å². The number of nitrogens with one attached hydrogen (secondary N) is 1. The Bertz CT molecular complexity index is 386. The van der Waals surface area contributed by atoms with Gasteiger partial charge in [-0.25, -0.2) is 0 Å². The van der Waals surface area contributed by atoms with Crippen molar-refractivity contribution in [1.29, 1.82) is 0 Å². The minimum absolute atomic E-state index is 0.161. The van der Waals surface area contributed by atoms with Gasteiger partial charge in [0.25, 0.3) is 0 Å². The van der Waals surface area contributed by atoms with Crippen LogP contribution in [-0.2, 0) is 6.42 Å². The molecule has 2 nitrogen and oxygen atoms in total. The van der Waals surface area contributed by atoms with E-state index in [9.17, 15) is 0 Å². The third-order valence-corrected chi connectivity index (χ3v) is 3.55. The lowest BCUT2D eigenvalue weighted by molar-refractivity contribution is 0.242. The van der Waals surface area contributed by atoms with Crippen molar-refractivity contribution in [3.05, 3.63) is 28.8 Å². The molecule has 0 aromatic heterocycles. The summed E-state index contributed by atoms with van der Waals surface area (Å²) in [6.45, 7) is 5.17. The Labute approximate surface area is 115 Å². The van der Waals surface area contributed by atoms with Gasteiger partial charge in [-0.3, -0.25) is 0 Å². The number of ether oxygens (including phenoxy) is 1. The van der Waals surface area contributed by atoms with Gasteiger partial charge in [0, 0.05) is 6.04 Å². The third-order valence-electron chi connectivity index (χ3n) is 3.25. The average Bonchev–Trinajstić information content (AvgIpc) is 2.33. The SMILES string of the molecule is CC(C)Oc1ccc(CC2CCCCN2)cc1Cl. The minimum Gasteiger partial charge on any atom is -0.489 e. The Kier molecular flexibility index (Phi) is 4.90. The zero-order valence-corrected chi connectivity index (χ0v) is 12.0. The Morgan fingerprint density at radius 2 is 2.22 bits per heavy atom. The van der Waals surface area contributed by atoms with Crippen LogP contribution in [0.1, 0.15) is 38.7 Å². The van der Waals surface area contributed by atoms with Crippen LogP contribution in [0.15, 0.2) is 18.2 Å². The quantitative estimate of drug-likeness (QED) is 0.896. The molecule has 0 saturated carbocycles. The van der Waals surface area contributed by atoms with Crippen molar-refractivity contribution >= 4 is 11.6 Å². The van der Waals surface area contributed by atoms with E-state index in [0.717, 1.165) is 23.7 Å². The number of hydrogen-bond acceptors (Lipinski definition) is 2. The maximum absolute atomic E-state index is 6.25. The number of piperidine rings is 1. The van der Waals surface area contributed by atoms with E-state index in [1.165, 1.54) is 24.8 Å². The molecule has 1 atom stereocenters. The highest BCUT2D eigenvalue weighted by Gasteiger charge is 2.14. The molecule has 3 heteroatoms. The van der Waals surface area contributed by atoms with Crippen molar-refractivity contribution in [3.63, 3.8) is 0 Å². The largest absolute Gasteiger partial charge is 0.489 e. The second kappa shape index (κ2) is 6.44. The fourth-order valence-corrected chi connectivity index (χ4v) is 2.65. The maximum Gasteiger partial charge on any atom is 0.138 e. The molecule has 1 heterocycles. The van der Waals surface area contributed by atoms with E-state index in [0.29, 0.717) is 6.04 Å². The van der Waals surface area contributed by atoms with Crippen molar-refractivity contribution in [2.24, 2.45) is 0 Å². The van der Waals surface area contributed by atoms with E-state index < -0.39 is 0 Å². The monoisotopic (exact) mass is 267 g/mol. The van der Waals surface area contributed by atoms with Crippen LogP contribution in [0.25, 0.3) is 0 Å². The fraction of sp³-hybridized carbons (Fsp3) is 0.600. The maximum atomic E-state index is 6.25. The van der Waals surface area contributed by atoms with Gasteiger partial charge in [0.15, 0.2) is 0 Å². The molecule has 0 spiro atoms. The minimum atomic E-state index is 0.161. The standard InChI is InChI=1S/C15H22ClNO/c1-11(2)18-15-7-6-12(10-14(15)16)9-13-5-3-4-8-17-13/h6-7,10-11,13,17H,3-5,8-9H2,1-2H3. The molecular formula is C15H22ClNO. The van der Waals surface area contributed by atoms with Crippen molar-refractivity contribution in [2.75, 3.05) is 6.54 Å². The molecule has 0 amide bonds. The summed E-state index contributed by atoms with van der Waals surface area (Å²) in [6.07, 6.45) is 5.12. The lowest BCUT2D eigenvalue weighted by Gasteiger charge is -2.23. The normalized spacial score (nSPS) is 20.1. The third kappa shape index (κ3) is 3.89. The summed E-state index contributed by atoms with van der Waals surface area (Å²) in [6, 6.07) is 6.75. The molecule has 0 bridgehead atoms. The van der Waals surface area contributed by atoms with Crippen molar-refractivity contribution in [3.8, 4) is 5.75 Å². The first kappa shape index (κ1) is 13.7. The first-order valence-corrected chi connectivity index (χ1v) is 7.21. The van der Waals surface area contributed by atoms with E-state index in [1.807, 2.05) is 26.0 Å². The second-order valence-electron chi connectivity index (χ2n) is 5.28. The van der Waals surface area contributed by atoms with E-state index in [4.69, 9.17) is 16.3 Å². The fourth-order valence-electron chi connectivity index (χ4n) is 2.40. The van der Waals surface area contributed by atoms with Crippen LogP contribution >= 0.6 is 11.6 Å². The van der Waals surface area contributed by atoms with Gasteiger partial charge in [-0.2, -0.15) is 0 Å². The number of halogens is 1. The van der Waals surface area contributed by atoms with Crippen LogP contribution in [0.5, 0.6) is 5.75 Å². The predicted molar refractivity (Wildman–Crippen MR) is 76.6 cm³/mol. The highest BCUT2D eigenvalue weighted by atomic mass is 35.5. The lowest BCUT2D eigenvalue weighted by atomic mass is 9.98. The highest BCUT2D eigenvalue weighted by Crippen LogP contribution is 2.27. The first-order chi connectivity index (χ1) is 8.65. The van der Waals surface area contributed by atoms with Crippen molar-refractivity contribution in [2.45, 2.75) is 51.7 Å². The summed E-state index contributed by atoms with van der Waals surface area (Å²) in [5.41, 5.74) is 1.29. The van der Waals surface area contributed by atoms with Gasteiger partial charge in [-0.15, -0.1) is 0 Å². The average molecular weight is 268 g/mol. The molecule has 100 valence electrons. The molecule has 1 aromatic rings. The second-order valence-corrected chi connectivity index (χ2v) is 5.69. The van der Waals surface area contributed by atoms with E-state index >= 15 is 0 Å². The number of benzene rings is 1. The topological polar surface area (TPSA) is 21.3 Å². The molecule has 0 aliphatic carbocycles. The number of rotatable bonds is 4. The summed E-state index contributed by atoms with van der Waals surface area (Å²) in [5.74, 6) is 0.784. The molecule has 1 unspecified atom stereocenters. The van der Waals surface area contributed by atoms with Gasteiger partial charge >= 0.3 is 0 Å². The van der Waals surface area contributed by atoms with Gasteiger partial charge in [-0.05, 0) is 57.4 Å². The summed E-state index contributed by atoms with van der Waals surface area (Å²) in [5, 5.41) is 4.28. The molecule has 1 N–H and O–H groups in total. The molecule has 1 saturated heterocycles. The van der Waals surface area contributed by atoms with Gasteiger partial charge in [-0.1, -0.05) is 24.1 Å². The highest BCUT2D eigenvalue weighted by molar-refractivity contribution is 6.32. The zero-order chi connectivity index (χ0) is 13.0. The van der Waals surface area contributed by atoms with Gasteiger partial charge in [0.05, 0.1) is 11.1 Å². The smallest absolute Gasteiger partial charge is 0.138 e. The molecule has 0 radical (unpaired) electrons. The van der Waals surface area contributed by atoms with Crippen LogP contribution in [0.4, 0.5) is 0 Å². The van der Waals surface area contributed by atoms with Crippen LogP contribution in [0.3, 0.4) is 0 Å². The Morgan fingerprint density at radius 3 is 2.83 bits per heavy atom. The summed E-state index contributed by atoms with van der Waals surface area (Å²) < 4.78 is 5.64. The molecule has 1 aromatic carbocycles. The first-order valence-electron chi connectivity index (χ1n) is 6.83. The molecule has 1 aliphatic rings. The van der Waals surface area contributed by atoms with Crippen molar-refractivity contribution in [1.82, 2.24) is 5.32 Å².